The number of nitrogens with zero attached hydrogens (tertiary/aromatic N) is 2. The second-order valence-electron chi connectivity index (χ2n) is 5.12. The number of carbonyl (C=O) groups is 2. The van der Waals surface area contributed by atoms with Crippen molar-refractivity contribution in [1.29, 1.82) is 0 Å². The minimum Gasteiger partial charge on any atom is -0.494 e. The van der Waals surface area contributed by atoms with Crippen LogP contribution in [0.4, 0.5) is 0 Å². The topological polar surface area (TPSA) is 102 Å². The van der Waals surface area contributed by atoms with E-state index in [9.17, 15) is 0 Å². The lowest BCUT2D eigenvalue weighted by atomic mass is 10.1. The number of ether oxygens (including phenoxy) is 1. The Bertz CT molecular complexity index is 818. The molecule has 7 nitrogen and oxygen atoms in total. The molecule has 25 heavy (non-hydrogen) atoms. The van der Waals surface area contributed by atoms with E-state index in [1.165, 1.54) is 10.8 Å². The Labute approximate surface area is 144 Å². The summed E-state index contributed by atoms with van der Waals surface area (Å²) in [5.74, 6) is -2.71. The Morgan fingerprint density at radius 2 is 1.76 bits per heavy atom. The van der Waals surface area contributed by atoms with Gasteiger partial charge in [0.25, 0.3) is 0 Å². The average Bonchev–Trinajstić information content (AvgIpc) is 3.12. The van der Waals surface area contributed by atoms with Gasteiger partial charge in [-0.25, -0.2) is 14.6 Å². The smallest absolute Gasteiger partial charge is 0.414 e. The monoisotopic (exact) mass is 342 g/mol. The standard InChI is InChI=1S/C16H16N2O.C2H2O4/c1-2-5-15-12-16(7-6-14(15)4-1)19-11-3-9-18-10-8-17-13-18;3-1(4)2(5)6/h1-2,4-8,10,12-13H,3,9,11H2;(H,3,4)(H,5,6). The van der Waals surface area contributed by atoms with E-state index in [-0.39, 0.29) is 0 Å². The van der Waals surface area contributed by atoms with Gasteiger partial charge >= 0.3 is 11.9 Å². The van der Waals surface area contributed by atoms with Crippen LogP contribution in [0.2, 0.25) is 0 Å². The minimum atomic E-state index is -1.82. The highest BCUT2D eigenvalue weighted by atomic mass is 16.5. The van der Waals surface area contributed by atoms with Gasteiger partial charge in [0.1, 0.15) is 5.75 Å². The Hall–Kier alpha value is -3.35. The maximum atomic E-state index is 9.10. The van der Waals surface area contributed by atoms with Crippen molar-refractivity contribution in [2.75, 3.05) is 6.61 Å². The SMILES string of the molecule is O=C(O)C(=O)O.c1ccc2cc(OCCCn3ccnc3)ccc2c1. The largest absolute Gasteiger partial charge is 0.494 e. The van der Waals surface area contributed by atoms with Gasteiger partial charge in [-0.3, -0.25) is 0 Å². The van der Waals surface area contributed by atoms with Gasteiger partial charge in [-0.15, -0.1) is 0 Å². The summed E-state index contributed by atoms with van der Waals surface area (Å²) in [6.45, 7) is 1.66. The molecule has 3 aromatic rings. The second-order valence-corrected chi connectivity index (χ2v) is 5.12. The number of aryl methyl sites for hydroxylation is 1. The molecule has 1 heterocycles. The molecule has 0 aliphatic heterocycles. The van der Waals surface area contributed by atoms with Crippen molar-refractivity contribution in [2.45, 2.75) is 13.0 Å². The van der Waals surface area contributed by atoms with Gasteiger partial charge in [-0.1, -0.05) is 30.3 Å². The van der Waals surface area contributed by atoms with Crippen molar-refractivity contribution >= 4 is 22.7 Å². The summed E-state index contributed by atoms with van der Waals surface area (Å²) in [7, 11) is 0. The Morgan fingerprint density at radius 3 is 2.40 bits per heavy atom. The van der Waals surface area contributed by atoms with Gasteiger partial charge < -0.3 is 19.5 Å². The summed E-state index contributed by atoms with van der Waals surface area (Å²) in [5.41, 5.74) is 0. The zero-order valence-corrected chi connectivity index (χ0v) is 13.4. The van der Waals surface area contributed by atoms with E-state index < -0.39 is 11.9 Å². The minimum absolute atomic E-state index is 0.719. The van der Waals surface area contributed by atoms with Gasteiger partial charge in [0, 0.05) is 18.9 Å². The summed E-state index contributed by atoms with van der Waals surface area (Å²) in [4.78, 5) is 22.2. The summed E-state index contributed by atoms with van der Waals surface area (Å²) in [5, 5.41) is 17.2. The molecule has 0 bridgehead atoms. The summed E-state index contributed by atoms with van der Waals surface area (Å²) in [6, 6.07) is 14.5. The number of hydrogen-bond donors (Lipinski definition) is 2. The van der Waals surface area contributed by atoms with Gasteiger partial charge in [-0.05, 0) is 29.3 Å². The zero-order valence-electron chi connectivity index (χ0n) is 13.4. The lowest BCUT2D eigenvalue weighted by molar-refractivity contribution is -0.159. The van der Waals surface area contributed by atoms with E-state index in [1.807, 2.05) is 30.7 Å². The Morgan fingerprint density at radius 1 is 1.04 bits per heavy atom. The molecular weight excluding hydrogens is 324 g/mol. The third-order valence-corrected chi connectivity index (χ3v) is 3.29. The molecule has 1 aromatic heterocycles. The Balaban J connectivity index is 0.000000326. The number of carboxylic acid groups (broad SMARTS) is 2. The van der Waals surface area contributed by atoms with E-state index >= 15 is 0 Å². The van der Waals surface area contributed by atoms with Crippen LogP contribution in [0.25, 0.3) is 10.8 Å². The lowest BCUT2D eigenvalue weighted by Gasteiger charge is -2.07. The molecule has 0 radical (unpaired) electrons. The number of aromatic nitrogens is 2. The predicted molar refractivity (Wildman–Crippen MR) is 91.6 cm³/mol. The number of carboxylic acids is 2. The molecule has 7 heteroatoms. The molecule has 0 aliphatic carbocycles. The number of aliphatic carboxylic acids is 2. The van der Waals surface area contributed by atoms with E-state index in [1.54, 1.807) is 6.20 Å². The highest BCUT2D eigenvalue weighted by molar-refractivity contribution is 6.27. The normalized spacial score (nSPS) is 9.92. The summed E-state index contributed by atoms with van der Waals surface area (Å²) >= 11 is 0. The number of rotatable bonds is 5. The molecule has 2 aromatic carbocycles. The van der Waals surface area contributed by atoms with Crippen LogP contribution in [0.15, 0.2) is 61.2 Å². The van der Waals surface area contributed by atoms with Crippen LogP contribution in [-0.4, -0.2) is 38.3 Å². The van der Waals surface area contributed by atoms with Gasteiger partial charge in [0.2, 0.25) is 0 Å². The third-order valence-electron chi connectivity index (χ3n) is 3.29. The van der Waals surface area contributed by atoms with E-state index in [0.29, 0.717) is 0 Å². The van der Waals surface area contributed by atoms with Crippen LogP contribution in [0, 0.1) is 0 Å². The highest BCUT2D eigenvalue weighted by Crippen LogP contribution is 2.20. The van der Waals surface area contributed by atoms with Crippen LogP contribution in [0.1, 0.15) is 6.42 Å². The first-order valence-corrected chi connectivity index (χ1v) is 7.60. The molecule has 0 atom stereocenters. The quantitative estimate of drug-likeness (QED) is 0.546. The molecule has 0 saturated heterocycles. The van der Waals surface area contributed by atoms with E-state index in [4.69, 9.17) is 24.5 Å². The second kappa shape index (κ2) is 9.07. The predicted octanol–water partition coefficient (Wildman–Crippen LogP) is 2.66. The molecule has 2 N–H and O–H groups in total. The number of benzene rings is 2. The molecule has 130 valence electrons. The zero-order chi connectivity index (χ0) is 18.1. The van der Waals surface area contributed by atoms with Gasteiger partial charge in [0.15, 0.2) is 0 Å². The molecule has 0 spiro atoms. The van der Waals surface area contributed by atoms with Gasteiger partial charge in [-0.2, -0.15) is 0 Å². The third kappa shape index (κ3) is 5.98. The van der Waals surface area contributed by atoms with Crippen molar-refractivity contribution < 1.29 is 24.5 Å². The van der Waals surface area contributed by atoms with Crippen LogP contribution < -0.4 is 4.74 Å². The van der Waals surface area contributed by atoms with E-state index in [0.717, 1.165) is 25.3 Å². The fourth-order valence-corrected chi connectivity index (χ4v) is 2.11. The van der Waals surface area contributed by atoms with Crippen molar-refractivity contribution in [3.63, 3.8) is 0 Å². The first-order valence-electron chi connectivity index (χ1n) is 7.60. The van der Waals surface area contributed by atoms with Crippen molar-refractivity contribution in [2.24, 2.45) is 0 Å². The van der Waals surface area contributed by atoms with Crippen LogP contribution >= 0.6 is 0 Å². The Kier molecular flexibility index (Phi) is 6.53. The van der Waals surface area contributed by atoms with E-state index in [2.05, 4.69) is 33.8 Å². The fraction of sp³-hybridized carbons (Fsp3) is 0.167. The van der Waals surface area contributed by atoms with Crippen molar-refractivity contribution in [3.05, 3.63) is 61.2 Å². The van der Waals surface area contributed by atoms with Crippen LogP contribution in [-0.2, 0) is 16.1 Å². The van der Waals surface area contributed by atoms with Crippen molar-refractivity contribution in [1.82, 2.24) is 9.55 Å². The summed E-state index contributed by atoms with van der Waals surface area (Å²) in [6.07, 6.45) is 6.57. The molecule has 0 amide bonds. The number of fused-ring (bicyclic) bond motifs is 1. The molecule has 0 saturated carbocycles. The maximum absolute atomic E-state index is 9.10. The van der Waals surface area contributed by atoms with Gasteiger partial charge in [0.05, 0.1) is 12.9 Å². The van der Waals surface area contributed by atoms with Crippen LogP contribution in [0.5, 0.6) is 5.75 Å². The van der Waals surface area contributed by atoms with Crippen LogP contribution in [0.3, 0.4) is 0 Å². The molecule has 0 unspecified atom stereocenters. The number of hydrogen-bond acceptors (Lipinski definition) is 4. The average molecular weight is 342 g/mol. The summed E-state index contributed by atoms with van der Waals surface area (Å²) < 4.78 is 7.84. The molecular formula is C18H18N2O5. The molecule has 0 aliphatic rings. The molecule has 3 rings (SSSR count). The maximum Gasteiger partial charge on any atom is 0.414 e. The first kappa shape index (κ1) is 18.0. The number of imidazole rings is 1. The lowest BCUT2D eigenvalue weighted by Crippen LogP contribution is -2.09. The highest BCUT2D eigenvalue weighted by Gasteiger charge is 2.04. The van der Waals surface area contributed by atoms with Crippen molar-refractivity contribution in [3.8, 4) is 5.75 Å². The molecule has 0 fully saturated rings. The first-order chi connectivity index (χ1) is 12.1. The fourth-order valence-electron chi connectivity index (χ4n) is 2.11.